The molecule has 8 aromatic rings. The first-order valence-corrected chi connectivity index (χ1v) is 53.8. The molecule has 0 amide bonds. The molecule has 0 saturated carbocycles. The van der Waals surface area contributed by atoms with Crippen molar-refractivity contribution in [2.24, 2.45) is 0 Å². The number of thioether (sulfide) groups is 8. The van der Waals surface area contributed by atoms with Crippen LogP contribution in [0.4, 0.5) is 0 Å². The third-order valence-electron chi connectivity index (χ3n) is 21.7. The lowest BCUT2D eigenvalue weighted by Crippen LogP contribution is -2.15. The second-order valence-corrected chi connectivity index (χ2v) is 40.3. The Labute approximate surface area is 772 Å². The van der Waals surface area contributed by atoms with Crippen LogP contribution in [0.1, 0.15) is 189 Å². The Morgan fingerprint density at radius 2 is 0.266 bits per heavy atom. The van der Waals surface area contributed by atoms with Crippen molar-refractivity contribution in [3.8, 4) is 46.0 Å². The number of fused-ring (bicyclic) bond motifs is 16. The van der Waals surface area contributed by atoms with E-state index in [0.29, 0.717) is 210 Å². The van der Waals surface area contributed by atoms with E-state index in [0.717, 1.165) is 201 Å². The quantitative estimate of drug-likeness (QED) is 0.0335. The van der Waals surface area contributed by atoms with Crippen molar-refractivity contribution in [1.29, 1.82) is 0 Å². The molecule has 2 aliphatic carbocycles. The first kappa shape index (κ1) is 96.2. The summed E-state index contributed by atoms with van der Waals surface area (Å²) in [7, 11) is 0. The van der Waals surface area contributed by atoms with Gasteiger partial charge in [-0.15, -0.1) is 94.1 Å². The van der Waals surface area contributed by atoms with E-state index in [2.05, 4.69) is 97.1 Å². The Balaban J connectivity index is 1.12. The molecule has 6 aliphatic rings. The van der Waals surface area contributed by atoms with Crippen molar-refractivity contribution in [2.45, 2.75) is 153 Å². The maximum Gasteiger partial charge on any atom is 0.126 e. The number of ether oxygens (including phenoxy) is 16. The Morgan fingerprint density at radius 3 is 0.363 bits per heavy atom. The predicted molar refractivity (Wildman–Crippen MR) is 520 cm³/mol. The van der Waals surface area contributed by atoms with Crippen LogP contribution in [-0.4, -0.2) is 179 Å². The number of rotatable bonds is 40. The first-order chi connectivity index (χ1) is 61.1. The summed E-state index contributed by atoms with van der Waals surface area (Å²) in [6.07, 6.45) is 4.28. The van der Waals surface area contributed by atoms with Crippen LogP contribution in [0.25, 0.3) is 0 Å². The molecular weight excluding hydrogens is 1710 g/mol. The van der Waals surface area contributed by atoms with Crippen LogP contribution in [0.2, 0.25) is 0 Å². The van der Waals surface area contributed by atoms with Crippen LogP contribution < -0.4 is 37.9 Å². The molecule has 0 spiro atoms. The van der Waals surface area contributed by atoms with Crippen molar-refractivity contribution >= 4 is 94.1 Å². The fraction of sp³-hybridized carbons (Fsp3) is 0.520. The third-order valence-corrected chi connectivity index (χ3v) is 31.3. The van der Waals surface area contributed by atoms with Gasteiger partial charge in [0.15, 0.2) is 0 Å². The molecule has 0 unspecified atom stereocenters. The molecular formula is C100H128O16S8. The molecule has 124 heavy (non-hydrogen) atoms. The molecule has 8 aromatic carbocycles. The van der Waals surface area contributed by atoms with Crippen molar-refractivity contribution in [3.05, 3.63) is 231 Å². The normalized spacial score (nSPS) is 14.9. The lowest BCUT2D eigenvalue weighted by atomic mass is 9.88. The smallest absolute Gasteiger partial charge is 0.126 e. The predicted octanol–water partition coefficient (Wildman–Crippen LogP) is 21.8. The fourth-order valence-corrected chi connectivity index (χ4v) is 24.6. The molecule has 4 heterocycles. The zero-order valence-electron chi connectivity index (χ0n) is 74.1. The van der Waals surface area contributed by atoms with Gasteiger partial charge in [-0.3, -0.25) is 0 Å². The van der Waals surface area contributed by atoms with E-state index in [4.69, 9.17) is 75.8 Å². The number of hydrogen-bond acceptors (Lipinski definition) is 24. The van der Waals surface area contributed by atoms with Gasteiger partial charge in [0.25, 0.3) is 0 Å². The van der Waals surface area contributed by atoms with Crippen LogP contribution in [0.5, 0.6) is 46.0 Å². The van der Waals surface area contributed by atoms with Gasteiger partial charge in [0.2, 0.25) is 0 Å². The van der Waals surface area contributed by atoms with E-state index < -0.39 is 0 Å². The van der Waals surface area contributed by atoms with Crippen LogP contribution in [0.3, 0.4) is 0 Å². The molecule has 0 fully saturated rings. The van der Waals surface area contributed by atoms with Gasteiger partial charge in [-0.25, -0.2) is 0 Å². The summed E-state index contributed by atoms with van der Waals surface area (Å²) in [5.41, 5.74) is 27.3. The summed E-state index contributed by atoms with van der Waals surface area (Å²) < 4.78 is 108. The summed E-state index contributed by atoms with van der Waals surface area (Å²) in [4.78, 5) is 0. The molecule has 0 radical (unpaired) electrons. The van der Waals surface area contributed by atoms with Gasteiger partial charge in [0.1, 0.15) is 98.9 Å². The van der Waals surface area contributed by atoms with Gasteiger partial charge in [-0.2, -0.15) is 0 Å². The van der Waals surface area contributed by atoms with Gasteiger partial charge < -0.3 is 75.8 Å². The van der Waals surface area contributed by atoms with Gasteiger partial charge in [0.05, 0.1) is 52.9 Å². The zero-order valence-corrected chi connectivity index (χ0v) is 80.7. The molecule has 24 bridgehead atoms. The van der Waals surface area contributed by atoms with Crippen LogP contribution in [-0.2, 0) is 135 Å². The maximum absolute atomic E-state index is 7.35. The topological polar surface area (TPSA) is 148 Å². The molecule has 24 heteroatoms. The Morgan fingerprint density at radius 1 is 0.161 bits per heavy atom. The van der Waals surface area contributed by atoms with E-state index in [9.17, 15) is 0 Å². The number of hydrogen-bond donors (Lipinski definition) is 0. The van der Waals surface area contributed by atoms with Crippen molar-refractivity contribution in [2.75, 3.05) is 179 Å². The van der Waals surface area contributed by atoms with E-state index in [1.165, 1.54) is 44.5 Å². The van der Waals surface area contributed by atoms with Crippen LogP contribution in [0, 0.1) is 0 Å². The zero-order chi connectivity index (χ0) is 85.9. The highest BCUT2D eigenvalue weighted by atomic mass is 32.2. The van der Waals surface area contributed by atoms with Crippen molar-refractivity contribution < 1.29 is 75.8 Å². The summed E-state index contributed by atoms with van der Waals surface area (Å²) in [5.74, 6) is 13.0. The summed E-state index contributed by atoms with van der Waals surface area (Å²) in [6.45, 7) is 27.6. The largest absolute Gasteiger partial charge is 0.491 e. The molecule has 0 N–H and O–H groups in total. The second-order valence-electron chi connectivity index (χ2n) is 31.0. The molecule has 4 aliphatic heterocycles. The van der Waals surface area contributed by atoms with E-state index in [1.807, 2.05) is 149 Å². The Hall–Kier alpha value is -5.36. The molecule has 0 saturated heterocycles. The fourth-order valence-electron chi connectivity index (χ4n) is 16.8. The second kappa shape index (κ2) is 52.5. The minimum absolute atomic E-state index is 0.376. The van der Waals surface area contributed by atoms with Crippen LogP contribution >= 0.6 is 94.1 Å². The van der Waals surface area contributed by atoms with E-state index >= 15 is 0 Å². The lowest BCUT2D eigenvalue weighted by Gasteiger charge is -2.25. The first-order valence-electron chi connectivity index (χ1n) is 44.6. The average Bonchev–Trinajstić information content (AvgIpc) is 0.772. The standard InChI is InChI=1S/C100H128O16S8/c1-9-101-17-25-109-93-77-33-69-34-78(93)50-80-36-71-38-82(95(80)111-27-19-103-11-3)52-84-40-72-39-83(96(84)112-28-20-104-12-4)51-81-37-70(35-79(49-77)94(81)110-26-18-102-10-2)58-118-66-121-62-74-43-87-53-85-41-73(60-120-65-117-57-69)42-86(97(85)113-29-21-105-13-5)54-88-44-75(63-122-67-119-59-71)46-90(99(88)115-31-23-107-15-7)56-92-48-76(64-124-68-123-61-72)47-91(100(92)116-32-24-108-16-8)55-89(45-74)98(87)114-30-22-106-14-6/h33-48H,9-32,49-68H2,1-8H3. The minimum atomic E-state index is 0.376. The van der Waals surface area contributed by atoms with E-state index in [-0.39, 0.29) is 0 Å². The monoisotopic (exact) mass is 1840 g/mol. The van der Waals surface area contributed by atoms with Gasteiger partial charge in [0, 0.05) is 171 Å². The summed E-state index contributed by atoms with van der Waals surface area (Å²) >= 11 is 15.6. The minimum Gasteiger partial charge on any atom is -0.491 e. The van der Waals surface area contributed by atoms with Crippen LogP contribution in [0.15, 0.2) is 97.1 Å². The van der Waals surface area contributed by atoms with Crippen molar-refractivity contribution in [1.82, 2.24) is 0 Å². The number of benzene rings is 8. The molecule has 0 atom stereocenters. The highest BCUT2D eigenvalue weighted by Crippen LogP contribution is 2.47. The molecule has 672 valence electrons. The highest BCUT2D eigenvalue weighted by Gasteiger charge is 2.30. The summed E-state index contributed by atoms with van der Waals surface area (Å²) in [5, 5.41) is 3.31. The van der Waals surface area contributed by atoms with Gasteiger partial charge >= 0.3 is 0 Å². The van der Waals surface area contributed by atoms with Crippen molar-refractivity contribution in [3.63, 3.8) is 0 Å². The van der Waals surface area contributed by atoms with Gasteiger partial charge in [-0.05, 0) is 189 Å². The van der Waals surface area contributed by atoms with Gasteiger partial charge in [-0.1, -0.05) is 97.1 Å². The molecule has 0 aromatic heterocycles. The maximum atomic E-state index is 7.35. The SMILES string of the molecule is CCOCCOc1c2cc3cc1Cc1cc4cc(c1OCCOCC)Cc1cc5cc(c1OCCOCC)Cc1cc(cc(c1OCCOCC)C2)CSCSCc1cc2c(OCCOCC)c(c1)Cc1cc(cc(c1OCCOCC)Cc1cc(cc(c1OCCOCC)Cc1cc(cc(c1OCCOCC)C2)CSCSC3)CSCSC4)CSCSC5. The average molecular weight is 1840 g/mol. The van der Waals surface area contributed by atoms with E-state index in [1.54, 1.807) is 0 Å². The molecule has 14 rings (SSSR count). The molecule has 16 nitrogen and oxygen atoms in total. The Bertz CT molecular complexity index is 3650. The summed E-state index contributed by atoms with van der Waals surface area (Å²) in [6, 6.07) is 38.9. The third kappa shape index (κ3) is 28.3. The lowest BCUT2D eigenvalue weighted by molar-refractivity contribution is 0.108. The Kier molecular flexibility index (Phi) is 40.7. The highest BCUT2D eigenvalue weighted by molar-refractivity contribution is 8.16.